The Morgan fingerprint density at radius 2 is 1.95 bits per heavy atom. The van der Waals surface area contributed by atoms with Crippen LogP contribution in [0.2, 0.25) is 35.9 Å². The number of hydrogen-bond donors (Lipinski definition) is 3. The number of halogens is 2. The molecule has 3 aromatic heterocycles. The van der Waals surface area contributed by atoms with Crippen molar-refractivity contribution in [3.8, 4) is 11.1 Å². The minimum Gasteiger partial charge on any atom is -0.465 e. The largest absolute Gasteiger partial charge is 0.465 e. The van der Waals surface area contributed by atoms with Crippen LogP contribution in [0.15, 0.2) is 24.5 Å². The molecule has 13 heteroatoms. The van der Waals surface area contributed by atoms with Crippen LogP contribution in [0, 0.1) is 0 Å². The van der Waals surface area contributed by atoms with Gasteiger partial charge < -0.3 is 24.6 Å². The summed E-state index contributed by atoms with van der Waals surface area (Å²) in [6.45, 7) is 8.03. The van der Waals surface area contributed by atoms with Gasteiger partial charge in [0.15, 0.2) is 5.65 Å². The Bertz CT molecular complexity index is 1570. The first-order valence-electron chi connectivity index (χ1n) is 13.6. The smallest absolute Gasteiger partial charge is 0.404 e. The lowest BCUT2D eigenvalue weighted by atomic mass is 9.97. The summed E-state index contributed by atoms with van der Waals surface area (Å²) in [7, 11) is -1.23. The number of carboxylic acid groups (broad SMARTS) is 1. The zero-order chi connectivity index (χ0) is 28.2. The van der Waals surface area contributed by atoms with Gasteiger partial charge in [0.1, 0.15) is 23.2 Å². The molecule has 0 radical (unpaired) electrons. The monoisotopic (exact) mass is 601 g/mol. The highest BCUT2D eigenvalue weighted by Crippen LogP contribution is 2.42. The van der Waals surface area contributed by atoms with Crippen molar-refractivity contribution in [3.05, 3.63) is 34.7 Å². The molecule has 0 unspecified atom stereocenters. The Morgan fingerprint density at radius 1 is 1.20 bits per heavy atom. The van der Waals surface area contributed by atoms with Crippen molar-refractivity contribution in [2.75, 3.05) is 11.5 Å². The van der Waals surface area contributed by atoms with E-state index in [1.54, 1.807) is 0 Å². The normalized spacial score (nSPS) is 21.0. The van der Waals surface area contributed by atoms with Crippen LogP contribution in [-0.2, 0) is 11.5 Å². The molecule has 2 aliphatic heterocycles. The van der Waals surface area contributed by atoms with Gasteiger partial charge in [-0.25, -0.2) is 14.8 Å². The van der Waals surface area contributed by atoms with E-state index in [1.807, 2.05) is 29.1 Å². The minimum atomic E-state index is -1.23. The highest BCUT2D eigenvalue weighted by atomic mass is 35.5. The van der Waals surface area contributed by atoms with Crippen molar-refractivity contribution in [2.45, 2.75) is 76.2 Å². The summed E-state index contributed by atoms with van der Waals surface area (Å²) in [4.78, 5) is 23.6. The fourth-order valence-corrected chi connectivity index (χ4v) is 7.48. The quantitative estimate of drug-likeness (QED) is 0.159. The maximum Gasteiger partial charge on any atom is 0.404 e. The number of piperidine rings is 1. The molecule has 2 aliphatic rings. The van der Waals surface area contributed by atoms with Crippen molar-refractivity contribution in [3.63, 3.8) is 0 Å². The lowest BCUT2D eigenvalue weighted by Gasteiger charge is -2.39. The lowest BCUT2D eigenvalue weighted by Crippen LogP contribution is -2.50. The first kappa shape index (κ1) is 27.3. The van der Waals surface area contributed by atoms with Crippen LogP contribution in [0.4, 0.5) is 10.6 Å². The third kappa shape index (κ3) is 5.15. The van der Waals surface area contributed by atoms with Crippen LogP contribution >= 0.6 is 23.2 Å². The van der Waals surface area contributed by atoms with Gasteiger partial charge in [0.2, 0.25) is 0 Å². The van der Waals surface area contributed by atoms with Crippen LogP contribution in [-0.4, -0.2) is 68.7 Å². The topological polar surface area (TPSA) is 121 Å². The molecule has 1 aromatic carbocycles. The lowest BCUT2D eigenvalue weighted by molar-refractivity contribution is 0.0899. The average Bonchev–Trinajstić information content (AvgIpc) is 3.53. The maximum absolute atomic E-state index is 11.2. The number of fused-ring (bicyclic) bond motifs is 4. The van der Waals surface area contributed by atoms with E-state index in [0.717, 1.165) is 59.8 Å². The summed E-state index contributed by atoms with van der Waals surface area (Å²) < 4.78 is 8.14. The van der Waals surface area contributed by atoms with Gasteiger partial charge in [0, 0.05) is 50.1 Å². The Kier molecular flexibility index (Phi) is 7.18. The van der Waals surface area contributed by atoms with Crippen LogP contribution in [0.5, 0.6) is 0 Å². The predicted octanol–water partition coefficient (Wildman–Crippen LogP) is 6.36. The molecule has 5 heterocycles. The van der Waals surface area contributed by atoms with Gasteiger partial charge in [0.25, 0.3) is 0 Å². The summed E-state index contributed by atoms with van der Waals surface area (Å²) in [5.74, 6) is 0.807. The number of amides is 1. The molecule has 3 N–H and O–H groups in total. The van der Waals surface area contributed by atoms with Gasteiger partial charge in [-0.3, -0.25) is 5.10 Å². The number of H-pyrrole nitrogens is 1. The molecule has 212 valence electrons. The number of rotatable bonds is 8. The van der Waals surface area contributed by atoms with Crippen LogP contribution in [0.1, 0.15) is 25.7 Å². The molecule has 6 rings (SSSR count). The van der Waals surface area contributed by atoms with E-state index in [9.17, 15) is 9.90 Å². The van der Waals surface area contributed by atoms with Crippen LogP contribution in [0.3, 0.4) is 0 Å². The Morgan fingerprint density at radius 3 is 2.65 bits per heavy atom. The summed E-state index contributed by atoms with van der Waals surface area (Å²) in [5.41, 5.74) is 3.79. The van der Waals surface area contributed by atoms with Gasteiger partial charge in [-0.05, 0) is 37.8 Å². The standard InChI is InChI=1S/C27H33Cl2N7O3Si/c1-40(2,3)9-8-39-14-35-13-19(18-6-7-20-22(23(18)28)25(29)34-33-20)24-26(35)32-21(12-30-24)36-16-4-5-17(36)11-15(10-16)31-27(37)38/h6-7,12-13,15-17,31H,4-5,8-11,14H2,1-3H3,(H,33,34)(H,37,38)/t15-,16+,17-. The van der Waals surface area contributed by atoms with E-state index in [2.05, 4.69) is 40.1 Å². The highest BCUT2D eigenvalue weighted by Gasteiger charge is 2.42. The molecule has 0 saturated carbocycles. The number of aromatic amines is 1. The van der Waals surface area contributed by atoms with Gasteiger partial charge in [-0.15, -0.1) is 0 Å². The molecule has 2 bridgehead atoms. The molecule has 2 fully saturated rings. The second-order valence-electron chi connectivity index (χ2n) is 12.0. The van der Waals surface area contributed by atoms with Crippen molar-refractivity contribution < 1.29 is 14.6 Å². The fraction of sp³-hybridized carbons (Fsp3) is 0.481. The zero-order valence-corrected chi connectivity index (χ0v) is 25.3. The number of carbonyl (C=O) groups is 1. The molecule has 1 amide bonds. The summed E-state index contributed by atoms with van der Waals surface area (Å²) >= 11 is 13.2. The van der Waals surface area contributed by atoms with E-state index in [1.165, 1.54) is 0 Å². The molecule has 4 aromatic rings. The van der Waals surface area contributed by atoms with E-state index in [0.29, 0.717) is 34.4 Å². The summed E-state index contributed by atoms with van der Waals surface area (Å²) in [6.07, 6.45) is 6.40. The van der Waals surface area contributed by atoms with E-state index >= 15 is 0 Å². The van der Waals surface area contributed by atoms with Crippen molar-refractivity contribution in [1.82, 2.24) is 30.0 Å². The Labute approximate surface area is 243 Å². The number of ether oxygens (including phenoxy) is 1. The van der Waals surface area contributed by atoms with Crippen LogP contribution < -0.4 is 10.2 Å². The molecule has 3 atom stereocenters. The van der Waals surface area contributed by atoms with Crippen molar-refractivity contribution >= 4 is 65.3 Å². The van der Waals surface area contributed by atoms with Gasteiger partial charge in [-0.1, -0.05) is 48.9 Å². The fourth-order valence-electron chi connectivity index (χ4n) is 6.08. The Balaban J connectivity index is 1.38. The summed E-state index contributed by atoms with van der Waals surface area (Å²) in [6, 6.07) is 5.30. The third-order valence-electron chi connectivity index (χ3n) is 8.01. The second kappa shape index (κ2) is 10.5. The van der Waals surface area contributed by atoms with E-state index < -0.39 is 14.2 Å². The molecule has 40 heavy (non-hydrogen) atoms. The highest BCUT2D eigenvalue weighted by molar-refractivity contribution is 6.76. The number of hydrogen-bond acceptors (Lipinski definition) is 6. The summed E-state index contributed by atoms with van der Waals surface area (Å²) in [5, 5.41) is 20.5. The molecular weight excluding hydrogens is 569 g/mol. The first-order valence-corrected chi connectivity index (χ1v) is 18.1. The predicted molar refractivity (Wildman–Crippen MR) is 160 cm³/mol. The van der Waals surface area contributed by atoms with Crippen molar-refractivity contribution in [2.24, 2.45) is 0 Å². The van der Waals surface area contributed by atoms with E-state index in [4.69, 9.17) is 37.9 Å². The minimum absolute atomic E-state index is 0.0371. The van der Waals surface area contributed by atoms with Gasteiger partial charge in [-0.2, -0.15) is 5.10 Å². The number of anilines is 1. The second-order valence-corrected chi connectivity index (χ2v) is 18.4. The van der Waals surface area contributed by atoms with E-state index in [-0.39, 0.29) is 18.1 Å². The number of benzene rings is 1. The first-order chi connectivity index (χ1) is 19.1. The average molecular weight is 603 g/mol. The molecular formula is C27H33Cl2N7O3Si. The maximum atomic E-state index is 11.2. The molecule has 2 saturated heterocycles. The van der Waals surface area contributed by atoms with Crippen LogP contribution in [0.25, 0.3) is 33.2 Å². The SMILES string of the molecule is C[Si](C)(C)CCOCn1cc(-c2ccc3n[nH]c(Cl)c3c2Cl)c2ncc(N3[C@@H]4CC[C@H]3C[C@@H](NC(=O)O)C4)nc21. The number of aromatic nitrogens is 5. The molecule has 0 spiro atoms. The Hall–Kier alpha value is -2.86. The number of nitrogens with zero attached hydrogens (tertiary/aromatic N) is 5. The number of nitrogens with one attached hydrogen (secondary N) is 2. The van der Waals surface area contributed by atoms with Gasteiger partial charge in [0.05, 0.1) is 22.1 Å². The third-order valence-corrected chi connectivity index (χ3v) is 10.4. The zero-order valence-electron chi connectivity index (χ0n) is 22.7. The van der Waals surface area contributed by atoms with Crippen molar-refractivity contribution in [1.29, 1.82) is 0 Å². The van der Waals surface area contributed by atoms with Gasteiger partial charge >= 0.3 is 6.09 Å². The molecule has 10 nitrogen and oxygen atoms in total. The molecule has 0 aliphatic carbocycles.